The Balaban J connectivity index is 0. The monoisotopic (exact) mass is 562 g/mol. The maximum Gasteiger partial charge on any atom is 0.118 e. The van der Waals surface area contributed by atoms with Crippen molar-refractivity contribution in [2.24, 2.45) is 17.4 Å². The molecular weight excluding hydrogens is 549 g/mol. The topological polar surface area (TPSA) is 52.0 Å². The molecule has 4 N–H and O–H groups in total. The number of nitrogens with two attached hydrogens (primary N) is 2. The fourth-order valence-corrected chi connectivity index (χ4v) is 1.83. The molecule has 1 unspecified atom stereocenters. The molecule has 0 heterocycles. The largest absolute Gasteiger partial charge is 0.483 e. The molecule has 5 heteroatoms. The van der Waals surface area contributed by atoms with Crippen LogP contribution in [0, 0.1) is 12.5 Å². The summed E-state index contributed by atoms with van der Waals surface area (Å²) in [6, 6.07) is 0. The minimum atomic E-state index is -0.147. The van der Waals surface area contributed by atoms with E-state index in [0.717, 1.165) is 12.8 Å². The van der Waals surface area contributed by atoms with Crippen LogP contribution in [0.15, 0.2) is 0 Å². The summed E-state index contributed by atoms with van der Waals surface area (Å²) in [5.41, 5.74) is 11.2. The van der Waals surface area contributed by atoms with Gasteiger partial charge < -0.3 is 11.5 Å². The SMILES string of the molecule is CCC([CH-]N)CC(N)(I)I.[Pt]. The molecule has 0 aliphatic heterocycles. The predicted molar refractivity (Wildman–Crippen MR) is 61.8 cm³/mol. The molecule has 0 fully saturated rings. The second-order valence-corrected chi connectivity index (χ2v) is 8.24. The van der Waals surface area contributed by atoms with Gasteiger partial charge in [-0.05, 0) is 51.6 Å². The van der Waals surface area contributed by atoms with Gasteiger partial charge >= 0.3 is 0 Å². The van der Waals surface area contributed by atoms with Gasteiger partial charge in [-0.25, -0.2) is 0 Å². The average Bonchev–Trinajstić information content (AvgIpc) is 1.81. The molecule has 0 radical (unpaired) electrons. The van der Waals surface area contributed by atoms with Crippen LogP contribution in [0.25, 0.3) is 0 Å². The van der Waals surface area contributed by atoms with Crippen LogP contribution >= 0.6 is 45.2 Å². The summed E-state index contributed by atoms with van der Waals surface area (Å²) >= 11 is 4.45. The van der Waals surface area contributed by atoms with E-state index >= 15 is 0 Å². The van der Waals surface area contributed by atoms with Gasteiger partial charge in [-0.2, -0.15) is 5.92 Å². The second kappa shape index (κ2) is 7.47. The molecule has 0 aromatic heterocycles. The summed E-state index contributed by atoms with van der Waals surface area (Å²) < 4.78 is -0.147. The molecular formula is C6H13I2N2Pt-. The van der Waals surface area contributed by atoms with Gasteiger partial charge in [0.15, 0.2) is 0 Å². The standard InChI is InChI=1S/C6H13I2N2.Pt/c1-2-5(4-9)3-6(7,8)10;/h4-5H,2-3,9-10H2,1H3;/q-1;. The number of alkyl halides is 2. The number of rotatable bonds is 4. The quantitative estimate of drug-likeness (QED) is 0.239. The molecule has 11 heavy (non-hydrogen) atoms. The first-order valence-electron chi connectivity index (χ1n) is 3.21. The van der Waals surface area contributed by atoms with Gasteiger partial charge in [0.25, 0.3) is 0 Å². The van der Waals surface area contributed by atoms with Gasteiger partial charge in [0.1, 0.15) is 1.55 Å². The Morgan fingerprint density at radius 2 is 2.00 bits per heavy atom. The van der Waals surface area contributed by atoms with Crippen molar-refractivity contribution in [1.82, 2.24) is 0 Å². The molecule has 0 aliphatic carbocycles. The van der Waals surface area contributed by atoms with E-state index in [4.69, 9.17) is 11.5 Å². The van der Waals surface area contributed by atoms with Crippen LogP contribution in [-0.4, -0.2) is 1.55 Å². The summed E-state index contributed by atoms with van der Waals surface area (Å²) in [7, 11) is 0. The first kappa shape index (κ1) is 15.5. The molecule has 0 rings (SSSR count). The summed E-state index contributed by atoms with van der Waals surface area (Å²) in [6.45, 7) is 3.85. The minimum absolute atomic E-state index is 0. The summed E-state index contributed by atoms with van der Waals surface area (Å²) in [6.07, 6.45) is 2.02. The average molecular weight is 562 g/mol. The summed E-state index contributed by atoms with van der Waals surface area (Å²) in [5, 5.41) is 0. The molecule has 0 saturated carbocycles. The molecule has 0 aromatic carbocycles. The van der Waals surface area contributed by atoms with Gasteiger partial charge in [0.05, 0.1) is 0 Å². The third-order valence-electron chi connectivity index (χ3n) is 1.33. The smallest absolute Gasteiger partial charge is 0.118 e. The Morgan fingerprint density at radius 3 is 2.09 bits per heavy atom. The van der Waals surface area contributed by atoms with Crippen molar-refractivity contribution in [3.8, 4) is 0 Å². The molecule has 0 amide bonds. The fraction of sp³-hybridized carbons (Fsp3) is 0.833. The maximum absolute atomic E-state index is 5.79. The first-order chi connectivity index (χ1) is 4.49. The van der Waals surface area contributed by atoms with Gasteiger partial charge in [0.2, 0.25) is 0 Å². The van der Waals surface area contributed by atoms with Gasteiger partial charge in [0, 0.05) is 21.1 Å². The maximum atomic E-state index is 5.79. The van der Waals surface area contributed by atoms with E-state index in [2.05, 4.69) is 52.1 Å². The van der Waals surface area contributed by atoms with Crippen molar-refractivity contribution in [1.29, 1.82) is 0 Å². The zero-order valence-electron chi connectivity index (χ0n) is 6.30. The van der Waals surface area contributed by atoms with Crippen molar-refractivity contribution in [3.05, 3.63) is 6.54 Å². The van der Waals surface area contributed by atoms with Crippen molar-refractivity contribution < 1.29 is 21.1 Å². The summed E-state index contributed by atoms with van der Waals surface area (Å²) in [5.74, 6) is 0.457. The number of hydrogen-bond acceptors (Lipinski definition) is 2. The van der Waals surface area contributed by atoms with Gasteiger partial charge in [-0.3, -0.25) is 6.54 Å². The first-order valence-corrected chi connectivity index (χ1v) is 5.37. The minimum Gasteiger partial charge on any atom is -0.483 e. The molecule has 1 atom stereocenters. The Kier molecular flexibility index (Phi) is 10.6. The van der Waals surface area contributed by atoms with Crippen LogP contribution in [0.2, 0.25) is 0 Å². The number of halogens is 2. The van der Waals surface area contributed by atoms with Crippen molar-refractivity contribution in [3.63, 3.8) is 0 Å². The Bertz CT molecular complexity index is 91.1. The van der Waals surface area contributed by atoms with Crippen LogP contribution in [0.3, 0.4) is 0 Å². The van der Waals surface area contributed by atoms with Crippen molar-refractivity contribution in [2.75, 3.05) is 0 Å². The summed E-state index contributed by atoms with van der Waals surface area (Å²) in [4.78, 5) is 0. The van der Waals surface area contributed by atoms with Gasteiger partial charge in [-0.15, -0.1) is 0 Å². The molecule has 0 saturated heterocycles. The van der Waals surface area contributed by atoms with E-state index in [1.807, 2.05) is 0 Å². The third kappa shape index (κ3) is 9.99. The van der Waals surface area contributed by atoms with Crippen LogP contribution in [-0.2, 0) is 21.1 Å². The fourth-order valence-electron chi connectivity index (χ4n) is 0.698. The number of hydrogen-bond donors (Lipinski definition) is 2. The van der Waals surface area contributed by atoms with E-state index in [-0.39, 0.29) is 22.6 Å². The van der Waals surface area contributed by atoms with E-state index in [9.17, 15) is 0 Å². The molecule has 0 aromatic rings. The zero-order valence-corrected chi connectivity index (χ0v) is 12.9. The van der Waals surface area contributed by atoms with E-state index in [1.165, 1.54) is 0 Å². The second-order valence-electron chi connectivity index (χ2n) is 2.33. The van der Waals surface area contributed by atoms with Crippen molar-refractivity contribution in [2.45, 2.75) is 21.3 Å². The van der Waals surface area contributed by atoms with Crippen LogP contribution in [0.5, 0.6) is 0 Å². The molecule has 0 aliphatic rings. The van der Waals surface area contributed by atoms with Crippen LogP contribution in [0.1, 0.15) is 19.8 Å². The molecule has 0 spiro atoms. The van der Waals surface area contributed by atoms with Crippen molar-refractivity contribution >= 4 is 45.2 Å². The van der Waals surface area contributed by atoms with Gasteiger partial charge in [-0.1, -0.05) is 13.3 Å². The molecule has 0 bridgehead atoms. The Labute approximate surface area is 110 Å². The Morgan fingerprint density at radius 1 is 1.55 bits per heavy atom. The van der Waals surface area contributed by atoms with Crippen LogP contribution in [0.4, 0.5) is 0 Å². The van der Waals surface area contributed by atoms with E-state index < -0.39 is 0 Å². The molecule has 72 valence electrons. The van der Waals surface area contributed by atoms with Crippen LogP contribution < -0.4 is 11.5 Å². The normalized spacial score (nSPS) is 13.9. The zero-order chi connectivity index (χ0) is 8.20. The van der Waals surface area contributed by atoms with E-state index in [0.29, 0.717) is 5.92 Å². The van der Waals surface area contributed by atoms with E-state index in [1.54, 1.807) is 6.54 Å². The Hall–Kier alpha value is 2.07. The predicted octanol–water partition coefficient (Wildman–Crippen LogP) is 2.00. The molecule has 2 nitrogen and oxygen atoms in total. The third-order valence-corrected chi connectivity index (χ3v) is 2.21.